The second-order valence-electron chi connectivity index (χ2n) is 3.29. The Labute approximate surface area is 105 Å². The molecule has 0 heterocycles. The van der Waals surface area contributed by atoms with Crippen molar-refractivity contribution in [3.63, 3.8) is 0 Å². The van der Waals surface area contributed by atoms with Crippen molar-refractivity contribution in [3.8, 4) is 6.07 Å². The molecule has 92 valence electrons. The predicted octanol–water partition coefficient (Wildman–Crippen LogP) is 0.839. The first-order chi connectivity index (χ1) is 8.01. The normalized spacial score (nSPS) is 11.1. The number of halogens is 1. The Hall–Kier alpha value is -1.13. The summed E-state index contributed by atoms with van der Waals surface area (Å²) in [6.07, 6.45) is 0.559. The molecule has 0 aliphatic carbocycles. The van der Waals surface area contributed by atoms with E-state index in [-0.39, 0.29) is 22.0 Å². The first-order valence-electron chi connectivity index (χ1n) is 4.90. The zero-order valence-corrected chi connectivity index (χ0v) is 10.6. The molecule has 0 fully saturated rings. The fourth-order valence-corrected chi connectivity index (χ4v) is 2.53. The molecule has 0 aliphatic rings. The van der Waals surface area contributed by atoms with Gasteiger partial charge in [0.25, 0.3) is 0 Å². The number of nitrogens with one attached hydrogen (secondary N) is 1. The summed E-state index contributed by atoms with van der Waals surface area (Å²) in [5, 5.41) is 8.79. The summed E-state index contributed by atoms with van der Waals surface area (Å²) in [6, 6.07) is 5.83. The predicted molar refractivity (Wildman–Crippen MR) is 65.0 cm³/mol. The summed E-state index contributed by atoms with van der Waals surface area (Å²) >= 11 is 5.76. The molecule has 0 saturated carbocycles. The van der Waals surface area contributed by atoms with Crippen molar-refractivity contribution >= 4 is 21.6 Å². The number of rotatable bonds is 5. The molecular formula is C10H12ClN3O2S. The van der Waals surface area contributed by atoms with Gasteiger partial charge in [-0.3, -0.25) is 0 Å². The Kier molecular flexibility index (Phi) is 4.90. The van der Waals surface area contributed by atoms with Crippen LogP contribution in [0.15, 0.2) is 23.1 Å². The van der Waals surface area contributed by atoms with Crippen molar-refractivity contribution in [2.24, 2.45) is 5.73 Å². The molecule has 0 atom stereocenters. The third-order valence-electron chi connectivity index (χ3n) is 2.04. The molecule has 0 spiro atoms. The zero-order chi connectivity index (χ0) is 12.9. The fraction of sp³-hybridized carbons (Fsp3) is 0.300. The molecule has 1 aromatic rings. The van der Waals surface area contributed by atoms with Crippen LogP contribution in [0.4, 0.5) is 0 Å². The monoisotopic (exact) mass is 273 g/mol. The second kappa shape index (κ2) is 5.98. The van der Waals surface area contributed by atoms with Crippen molar-refractivity contribution in [3.05, 3.63) is 28.8 Å². The molecule has 0 bridgehead atoms. The van der Waals surface area contributed by atoms with Gasteiger partial charge in [0.05, 0.1) is 15.5 Å². The van der Waals surface area contributed by atoms with E-state index in [0.717, 1.165) is 0 Å². The van der Waals surface area contributed by atoms with E-state index in [0.29, 0.717) is 13.0 Å². The van der Waals surface area contributed by atoms with Crippen LogP contribution in [0.2, 0.25) is 5.02 Å². The lowest BCUT2D eigenvalue weighted by Crippen LogP contribution is -2.26. The molecule has 0 amide bonds. The SMILES string of the molecule is N#Cc1ccc(S(=O)(=O)NCCCN)cc1Cl. The van der Waals surface area contributed by atoms with Crippen molar-refractivity contribution < 1.29 is 8.42 Å². The van der Waals surface area contributed by atoms with Gasteiger partial charge in [-0.05, 0) is 31.2 Å². The van der Waals surface area contributed by atoms with E-state index in [9.17, 15) is 8.42 Å². The molecule has 3 N–H and O–H groups in total. The Morgan fingerprint density at radius 2 is 2.18 bits per heavy atom. The van der Waals surface area contributed by atoms with Gasteiger partial charge in [0.1, 0.15) is 6.07 Å². The summed E-state index contributed by atoms with van der Waals surface area (Å²) < 4.78 is 25.9. The highest BCUT2D eigenvalue weighted by molar-refractivity contribution is 7.89. The molecule has 0 unspecified atom stereocenters. The topological polar surface area (TPSA) is 96.0 Å². The third-order valence-corrected chi connectivity index (χ3v) is 3.82. The van der Waals surface area contributed by atoms with E-state index in [1.807, 2.05) is 6.07 Å². The van der Waals surface area contributed by atoms with Crippen LogP contribution in [-0.2, 0) is 10.0 Å². The smallest absolute Gasteiger partial charge is 0.240 e. The number of benzene rings is 1. The van der Waals surface area contributed by atoms with Crippen LogP contribution in [0.1, 0.15) is 12.0 Å². The minimum Gasteiger partial charge on any atom is -0.330 e. The van der Waals surface area contributed by atoms with Crippen molar-refractivity contribution in [1.82, 2.24) is 4.72 Å². The highest BCUT2D eigenvalue weighted by Crippen LogP contribution is 2.19. The molecule has 0 radical (unpaired) electrons. The molecule has 0 aliphatic heterocycles. The maximum Gasteiger partial charge on any atom is 0.240 e. The van der Waals surface area contributed by atoms with Crippen molar-refractivity contribution in [2.75, 3.05) is 13.1 Å². The summed E-state index contributed by atoms with van der Waals surface area (Å²) in [6.45, 7) is 0.688. The lowest BCUT2D eigenvalue weighted by molar-refractivity contribution is 0.579. The largest absolute Gasteiger partial charge is 0.330 e. The number of nitrogens with two attached hydrogens (primary N) is 1. The summed E-state index contributed by atoms with van der Waals surface area (Å²) in [7, 11) is -3.58. The van der Waals surface area contributed by atoms with Gasteiger partial charge in [0.2, 0.25) is 10.0 Å². The number of nitriles is 1. The van der Waals surface area contributed by atoms with Crippen molar-refractivity contribution in [2.45, 2.75) is 11.3 Å². The lowest BCUT2D eigenvalue weighted by Gasteiger charge is -2.06. The van der Waals surface area contributed by atoms with Crippen molar-refractivity contribution in [1.29, 1.82) is 5.26 Å². The van der Waals surface area contributed by atoms with Crippen LogP contribution in [0.25, 0.3) is 0 Å². The average Bonchev–Trinajstić information content (AvgIpc) is 2.29. The summed E-state index contributed by atoms with van der Waals surface area (Å²) in [5.74, 6) is 0. The molecule has 0 aromatic heterocycles. The van der Waals surface area contributed by atoms with Crippen LogP contribution in [0.5, 0.6) is 0 Å². The maximum absolute atomic E-state index is 11.8. The first kappa shape index (κ1) is 13.9. The van der Waals surface area contributed by atoms with E-state index >= 15 is 0 Å². The van der Waals surface area contributed by atoms with Crippen LogP contribution >= 0.6 is 11.6 Å². The van der Waals surface area contributed by atoms with E-state index in [2.05, 4.69) is 4.72 Å². The van der Waals surface area contributed by atoms with Gasteiger partial charge in [-0.15, -0.1) is 0 Å². The number of hydrogen-bond donors (Lipinski definition) is 2. The van der Waals surface area contributed by atoms with Gasteiger partial charge in [-0.2, -0.15) is 5.26 Å². The molecule has 5 nitrogen and oxygen atoms in total. The molecule has 1 aromatic carbocycles. The summed E-state index contributed by atoms with van der Waals surface area (Å²) in [5.41, 5.74) is 5.51. The van der Waals surface area contributed by atoms with Gasteiger partial charge in [0.15, 0.2) is 0 Å². The molecule has 1 rings (SSSR count). The van der Waals surface area contributed by atoms with Crippen LogP contribution in [-0.4, -0.2) is 21.5 Å². The third kappa shape index (κ3) is 3.68. The molecule has 7 heteroatoms. The van der Waals surface area contributed by atoms with Gasteiger partial charge in [-0.1, -0.05) is 11.6 Å². The van der Waals surface area contributed by atoms with Crippen LogP contribution in [0, 0.1) is 11.3 Å². The fourth-order valence-electron chi connectivity index (χ4n) is 1.15. The second-order valence-corrected chi connectivity index (χ2v) is 5.47. The number of sulfonamides is 1. The number of hydrogen-bond acceptors (Lipinski definition) is 4. The minimum atomic E-state index is -3.58. The average molecular weight is 274 g/mol. The Morgan fingerprint density at radius 3 is 2.71 bits per heavy atom. The zero-order valence-electron chi connectivity index (χ0n) is 8.98. The van der Waals surface area contributed by atoms with E-state index < -0.39 is 10.0 Å². The van der Waals surface area contributed by atoms with E-state index in [1.54, 1.807) is 0 Å². The number of nitrogens with zero attached hydrogens (tertiary/aromatic N) is 1. The van der Waals surface area contributed by atoms with Gasteiger partial charge in [-0.25, -0.2) is 13.1 Å². The first-order valence-corrected chi connectivity index (χ1v) is 6.77. The lowest BCUT2D eigenvalue weighted by atomic mass is 10.2. The molecular weight excluding hydrogens is 262 g/mol. The molecule has 0 saturated heterocycles. The van der Waals surface area contributed by atoms with E-state index in [4.69, 9.17) is 22.6 Å². The maximum atomic E-state index is 11.8. The van der Waals surface area contributed by atoms with E-state index in [1.165, 1.54) is 18.2 Å². The Morgan fingerprint density at radius 1 is 1.47 bits per heavy atom. The summed E-state index contributed by atoms with van der Waals surface area (Å²) in [4.78, 5) is 0.0403. The van der Waals surface area contributed by atoms with Gasteiger partial charge >= 0.3 is 0 Å². The van der Waals surface area contributed by atoms with Gasteiger partial charge in [0, 0.05) is 6.54 Å². The quantitative estimate of drug-likeness (QED) is 0.777. The Balaban J connectivity index is 2.93. The van der Waals surface area contributed by atoms with Crippen LogP contribution in [0.3, 0.4) is 0 Å². The highest BCUT2D eigenvalue weighted by Gasteiger charge is 2.14. The van der Waals surface area contributed by atoms with Gasteiger partial charge < -0.3 is 5.73 Å². The van der Waals surface area contributed by atoms with Crippen LogP contribution < -0.4 is 10.5 Å². The molecule has 17 heavy (non-hydrogen) atoms. The minimum absolute atomic E-state index is 0.0403. The highest BCUT2D eigenvalue weighted by atomic mass is 35.5. The Bertz CT molecular complexity index is 537. The standard InChI is InChI=1S/C10H12ClN3O2S/c11-10-6-9(3-2-8(10)7-13)17(15,16)14-5-1-4-12/h2-3,6,14H,1,4-5,12H2.